The molecule has 0 unspecified atom stereocenters. The number of benzene rings is 1. The maximum atomic E-state index is 13.7. The van der Waals surface area contributed by atoms with E-state index in [1.165, 1.54) is 0 Å². The molecule has 1 heterocycles. The molecular weight excluding hydrogens is 368 g/mol. The molecule has 0 fully saturated rings. The summed E-state index contributed by atoms with van der Waals surface area (Å²) in [7, 11) is 0. The molecule has 0 radical (unpaired) electrons. The zero-order valence-electron chi connectivity index (χ0n) is 14.7. The maximum Gasteiger partial charge on any atom is 0.191 e. The normalized spacial score (nSPS) is 11.7. The van der Waals surface area contributed by atoms with Crippen molar-refractivity contribution in [2.75, 3.05) is 13.1 Å². The van der Waals surface area contributed by atoms with Gasteiger partial charge in [0.2, 0.25) is 0 Å². The van der Waals surface area contributed by atoms with Gasteiger partial charge in [0.1, 0.15) is 0 Å². The van der Waals surface area contributed by atoms with Gasteiger partial charge in [0, 0.05) is 30.5 Å². The van der Waals surface area contributed by atoms with Crippen molar-refractivity contribution >= 4 is 17.3 Å². The maximum absolute atomic E-state index is 13.7. The van der Waals surface area contributed by atoms with Crippen LogP contribution in [0.4, 0.5) is 17.6 Å². The Hall–Kier alpha value is -2.16. The highest BCUT2D eigenvalue weighted by Crippen LogP contribution is 2.20. The summed E-state index contributed by atoms with van der Waals surface area (Å²) in [4.78, 5) is 9.58. The average Bonchev–Trinajstić information content (AvgIpc) is 2.91. The predicted molar refractivity (Wildman–Crippen MR) is 94.4 cm³/mol. The fourth-order valence-corrected chi connectivity index (χ4v) is 3.13. The van der Waals surface area contributed by atoms with Crippen molar-refractivity contribution in [1.82, 2.24) is 15.6 Å². The van der Waals surface area contributed by atoms with Crippen molar-refractivity contribution in [1.29, 1.82) is 0 Å². The molecule has 2 aromatic rings. The third-order valence-corrected chi connectivity index (χ3v) is 4.78. The summed E-state index contributed by atoms with van der Waals surface area (Å²) < 4.78 is 53.9. The Labute approximate surface area is 153 Å². The van der Waals surface area contributed by atoms with E-state index in [2.05, 4.69) is 20.6 Å². The molecule has 0 saturated carbocycles. The minimum atomic E-state index is -1.44. The molecule has 9 heteroatoms. The Bertz CT molecular complexity index is 759. The van der Waals surface area contributed by atoms with Crippen molar-refractivity contribution in [3.8, 4) is 0 Å². The number of guanidine groups is 1. The van der Waals surface area contributed by atoms with Gasteiger partial charge in [-0.05, 0) is 20.8 Å². The summed E-state index contributed by atoms with van der Waals surface area (Å²) >= 11 is 1.60. The van der Waals surface area contributed by atoms with Crippen LogP contribution < -0.4 is 10.6 Å². The number of aryl methyl sites for hydroxylation is 2. The lowest BCUT2D eigenvalue weighted by Crippen LogP contribution is -2.38. The molecule has 0 aliphatic carbocycles. The number of nitrogens with zero attached hydrogens (tertiary/aromatic N) is 2. The number of hydrogen-bond acceptors (Lipinski definition) is 3. The van der Waals surface area contributed by atoms with Crippen LogP contribution in [0.1, 0.15) is 28.1 Å². The topological polar surface area (TPSA) is 49.3 Å². The second kappa shape index (κ2) is 8.98. The first kappa shape index (κ1) is 20.2. The first-order valence-corrected chi connectivity index (χ1v) is 8.92. The van der Waals surface area contributed by atoms with Crippen molar-refractivity contribution in [2.24, 2.45) is 4.99 Å². The largest absolute Gasteiger partial charge is 0.357 e. The fraction of sp³-hybridized carbons (Fsp3) is 0.412. The second-order valence-electron chi connectivity index (χ2n) is 5.57. The van der Waals surface area contributed by atoms with Crippen LogP contribution in [0.25, 0.3) is 0 Å². The lowest BCUT2D eigenvalue weighted by atomic mass is 10.2. The molecule has 0 saturated heterocycles. The van der Waals surface area contributed by atoms with Crippen molar-refractivity contribution in [3.63, 3.8) is 0 Å². The fourth-order valence-electron chi connectivity index (χ4n) is 2.20. The van der Waals surface area contributed by atoms with E-state index in [1.807, 2.05) is 20.8 Å². The van der Waals surface area contributed by atoms with Gasteiger partial charge in [-0.25, -0.2) is 27.5 Å². The number of halogens is 4. The molecule has 1 aromatic heterocycles. The van der Waals surface area contributed by atoms with Crippen LogP contribution in [0.2, 0.25) is 0 Å². The molecule has 1 aromatic carbocycles. The molecule has 142 valence electrons. The third kappa shape index (κ3) is 4.94. The van der Waals surface area contributed by atoms with Gasteiger partial charge in [-0.3, -0.25) is 0 Å². The molecule has 2 N–H and O–H groups in total. The summed E-state index contributed by atoms with van der Waals surface area (Å²) in [5.41, 5.74) is 0.246. The minimum absolute atomic E-state index is 0.180. The van der Waals surface area contributed by atoms with E-state index in [9.17, 15) is 17.6 Å². The molecular formula is C17H20F4N4S. The Balaban J connectivity index is 2.05. The minimum Gasteiger partial charge on any atom is -0.357 e. The lowest BCUT2D eigenvalue weighted by Gasteiger charge is -2.11. The monoisotopic (exact) mass is 388 g/mol. The van der Waals surface area contributed by atoms with Crippen LogP contribution in [0.15, 0.2) is 11.1 Å². The highest BCUT2D eigenvalue weighted by atomic mass is 32.1. The standard InChI is InChI=1S/C17H20F4N4S/c1-4-22-17(23-6-5-14-25-9(2)10(3)26-14)24-8-11-15(20)12(18)7-13(19)16(11)21/h7H,4-6,8H2,1-3H3,(H2,22,23,24). The molecule has 0 aliphatic heterocycles. The highest BCUT2D eigenvalue weighted by Gasteiger charge is 2.18. The van der Waals surface area contributed by atoms with Crippen molar-refractivity contribution < 1.29 is 17.6 Å². The summed E-state index contributed by atoms with van der Waals surface area (Å²) in [6, 6.07) is 0.180. The quantitative estimate of drug-likeness (QED) is 0.344. The Morgan fingerprint density at radius 2 is 1.77 bits per heavy atom. The molecule has 26 heavy (non-hydrogen) atoms. The van der Waals surface area contributed by atoms with Crippen LogP contribution >= 0.6 is 11.3 Å². The van der Waals surface area contributed by atoms with Gasteiger partial charge in [0.25, 0.3) is 0 Å². The molecule has 4 nitrogen and oxygen atoms in total. The zero-order valence-corrected chi connectivity index (χ0v) is 15.5. The van der Waals surface area contributed by atoms with E-state index in [0.29, 0.717) is 25.5 Å². The van der Waals surface area contributed by atoms with Gasteiger partial charge in [0.15, 0.2) is 29.2 Å². The molecule has 0 bridgehead atoms. The van der Waals surface area contributed by atoms with E-state index in [4.69, 9.17) is 0 Å². The first-order valence-electron chi connectivity index (χ1n) is 8.10. The molecule has 0 amide bonds. The van der Waals surface area contributed by atoms with Crippen LogP contribution in [0, 0.1) is 37.1 Å². The number of nitrogens with one attached hydrogen (secondary N) is 2. The molecule has 0 aliphatic rings. The van der Waals surface area contributed by atoms with E-state index in [1.54, 1.807) is 11.3 Å². The third-order valence-electron chi connectivity index (χ3n) is 3.65. The summed E-state index contributed by atoms with van der Waals surface area (Å²) in [5.74, 6) is -5.46. The number of thiazole rings is 1. The summed E-state index contributed by atoms with van der Waals surface area (Å²) in [6.07, 6.45) is 0.654. The summed E-state index contributed by atoms with van der Waals surface area (Å²) in [6.45, 7) is 6.25. The van der Waals surface area contributed by atoms with Gasteiger partial charge in [-0.2, -0.15) is 0 Å². The number of aromatic nitrogens is 1. The van der Waals surface area contributed by atoms with Crippen LogP contribution in [0.5, 0.6) is 0 Å². The first-order chi connectivity index (χ1) is 12.3. The van der Waals surface area contributed by atoms with Gasteiger partial charge in [-0.15, -0.1) is 11.3 Å². The van der Waals surface area contributed by atoms with Gasteiger partial charge in [-0.1, -0.05) is 0 Å². The number of aliphatic imine (C=N–C) groups is 1. The van der Waals surface area contributed by atoms with Gasteiger partial charge in [0.05, 0.1) is 22.8 Å². The van der Waals surface area contributed by atoms with E-state index in [-0.39, 0.29) is 6.07 Å². The van der Waals surface area contributed by atoms with Gasteiger partial charge >= 0.3 is 0 Å². The van der Waals surface area contributed by atoms with Crippen molar-refractivity contribution in [2.45, 2.75) is 33.7 Å². The number of rotatable bonds is 6. The highest BCUT2D eigenvalue weighted by molar-refractivity contribution is 7.11. The summed E-state index contributed by atoms with van der Waals surface area (Å²) in [5, 5.41) is 6.89. The molecule has 0 atom stereocenters. The van der Waals surface area contributed by atoms with Crippen LogP contribution in [0.3, 0.4) is 0 Å². The lowest BCUT2D eigenvalue weighted by molar-refractivity contribution is 0.439. The number of hydrogen-bond donors (Lipinski definition) is 2. The Morgan fingerprint density at radius 3 is 2.31 bits per heavy atom. The van der Waals surface area contributed by atoms with E-state index < -0.39 is 35.4 Å². The molecule has 0 spiro atoms. The zero-order chi connectivity index (χ0) is 19.3. The Kier molecular flexibility index (Phi) is 6.96. The second-order valence-corrected chi connectivity index (χ2v) is 6.86. The smallest absolute Gasteiger partial charge is 0.191 e. The van der Waals surface area contributed by atoms with Crippen molar-refractivity contribution in [3.05, 3.63) is 50.5 Å². The Morgan fingerprint density at radius 1 is 1.12 bits per heavy atom. The van der Waals surface area contributed by atoms with Gasteiger partial charge < -0.3 is 10.6 Å². The average molecular weight is 388 g/mol. The van der Waals surface area contributed by atoms with E-state index >= 15 is 0 Å². The predicted octanol–water partition coefficient (Wildman–Crippen LogP) is 3.61. The van der Waals surface area contributed by atoms with Crippen LogP contribution in [-0.4, -0.2) is 24.0 Å². The molecule has 2 rings (SSSR count). The SMILES string of the molecule is CCNC(=NCc1c(F)c(F)cc(F)c1F)NCCc1nc(C)c(C)s1. The van der Waals surface area contributed by atoms with Crippen LogP contribution in [-0.2, 0) is 13.0 Å². The van der Waals surface area contributed by atoms with E-state index in [0.717, 1.165) is 15.6 Å².